The molecule has 0 unspecified atom stereocenters. The normalized spacial score (nSPS) is 15.2. The van der Waals surface area contributed by atoms with E-state index in [-0.39, 0.29) is 6.61 Å². The number of anilines is 1. The smallest absolute Gasteiger partial charge is 0.147 e. The molecule has 0 radical (unpaired) electrons. The summed E-state index contributed by atoms with van der Waals surface area (Å²) in [5.74, 6) is 1.55. The van der Waals surface area contributed by atoms with Gasteiger partial charge in [-0.1, -0.05) is 25.4 Å². The van der Waals surface area contributed by atoms with Crippen LogP contribution in [0.25, 0.3) is 0 Å². The number of hydrogen-bond acceptors (Lipinski definition) is 3. The van der Waals surface area contributed by atoms with Crippen molar-refractivity contribution in [3.05, 3.63) is 22.8 Å². The Bertz CT molecular complexity index is 405. The van der Waals surface area contributed by atoms with Gasteiger partial charge in [-0.2, -0.15) is 0 Å². The van der Waals surface area contributed by atoms with Gasteiger partial charge >= 0.3 is 0 Å². The summed E-state index contributed by atoms with van der Waals surface area (Å²) in [6.45, 7) is 5.46. The Labute approximate surface area is 114 Å². The second-order valence-electron chi connectivity index (χ2n) is 5.41. The Balaban J connectivity index is 2.14. The zero-order chi connectivity index (χ0) is 13.1. The van der Waals surface area contributed by atoms with E-state index < -0.39 is 0 Å². The SMILES string of the molecule is CC(C)CCN(c1ncc(CO)cc1Cl)C1CC1. The first kappa shape index (κ1) is 13.6. The first-order valence-corrected chi connectivity index (χ1v) is 7.01. The van der Waals surface area contributed by atoms with Crippen molar-refractivity contribution in [1.82, 2.24) is 4.98 Å². The number of aliphatic hydroxyl groups excluding tert-OH is 1. The zero-order valence-electron chi connectivity index (χ0n) is 11.1. The molecule has 1 heterocycles. The lowest BCUT2D eigenvalue weighted by molar-refractivity contribution is 0.281. The number of nitrogens with zero attached hydrogens (tertiary/aromatic N) is 2. The van der Waals surface area contributed by atoms with Crippen LogP contribution >= 0.6 is 11.6 Å². The predicted molar refractivity (Wildman–Crippen MR) is 75.0 cm³/mol. The van der Waals surface area contributed by atoms with Crippen molar-refractivity contribution in [3.8, 4) is 0 Å². The van der Waals surface area contributed by atoms with E-state index in [2.05, 4.69) is 23.7 Å². The van der Waals surface area contributed by atoms with E-state index in [4.69, 9.17) is 16.7 Å². The molecule has 0 amide bonds. The summed E-state index contributed by atoms with van der Waals surface area (Å²) in [6.07, 6.45) is 5.33. The molecule has 0 bridgehead atoms. The molecular formula is C14H21ClN2O. The number of aromatic nitrogens is 1. The van der Waals surface area contributed by atoms with Crippen LogP contribution in [0.2, 0.25) is 5.02 Å². The molecule has 1 aliphatic carbocycles. The van der Waals surface area contributed by atoms with E-state index in [1.165, 1.54) is 12.8 Å². The van der Waals surface area contributed by atoms with Gasteiger partial charge in [-0.3, -0.25) is 0 Å². The minimum Gasteiger partial charge on any atom is -0.392 e. The Morgan fingerprint density at radius 1 is 1.50 bits per heavy atom. The fraction of sp³-hybridized carbons (Fsp3) is 0.643. The highest BCUT2D eigenvalue weighted by Gasteiger charge is 2.31. The van der Waals surface area contributed by atoms with E-state index in [0.717, 1.165) is 24.3 Å². The number of halogens is 1. The number of aliphatic hydroxyl groups is 1. The van der Waals surface area contributed by atoms with Crippen LogP contribution in [-0.4, -0.2) is 22.7 Å². The van der Waals surface area contributed by atoms with E-state index in [1.807, 2.05) is 6.07 Å². The van der Waals surface area contributed by atoms with Crippen molar-refractivity contribution in [2.45, 2.75) is 45.8 Å². The van der Waals surface area contributed by atoms with Crippen LogP contribution in [-0.2, 0) is 6.61 Å². The van der Waals surface area contributed by atoms with Crippen LogP contribution in [0.15, 0.2) is 12.3 Å². The molecule has 0 atom stereocenters. The van der Waals surface area contributed by atoms with Gasteiger partial charge in [0.25, 0.3) is 0 Å². The Kier molecular flexibility index (Phi) is 4.46. The van der Waals surface area contributed by atoms with Gasteiger partial charge < -0.3 is 10.0 Å². The molecule has 0 aromatic carbocycles. The van der Waals surface area contributed by atoms with Gasteiger partial charge in [0.2, 0.25) is 0 Å². The third-order valence-corrected chi connectivity index (χ3v) is 3.55. The molecular weight excluding hydrogens is 248 g/mol. The average molecular weight is 269 g/mol. The second-order valence-corrected chi connectivity index (χ2v) is 5.82. The lowest BCUT2D eigenvalue weighted by Gasteiger charge is -2.25. The molecule has 1 aromatic heterocycles. The summed E-state index contributed by atoms with van der Waals surface area (Å²) >= 11 is 6.27. The summed E-state index contributed by atoms with van der Waals surface area (Å²) in [7, 11) is 0. The second kappa shape index (κ2) is 5.89. The lowest BCUT2D eigenvalue weighted by Crippen LogP contribution is -2.29. The molecule has 1 aromatic rings. The van der Waals surface area contributed by atoms with Crippen LogP contribution < -0.4 is 4.90 Å². The van der Waals surface area contributed by atoms with Gasteiger partial charge in [-0.05, 0) is 36.8 Å². The molecule has 0 spiro atoms. The fourth-order valence-corrected chi connectivity index (χ4v) is 2.31. The fourth-order valence-electron chi connectivity index (χ4n) is 2.01. The van der Waals surface area contributed by atoms with E-state index in [0.29, 0.717) is 17.0 Å². The third kappa shape index (κ3) is 3.36. The van der Waals surface area contributed by atoms with Gasteiger partial charge in [0.1, 0.15) is 5.82 Å². The number of pyridine rings is 1. The summed E-state index contributed by atoms with van der Waals surface area (Å²) in [6, 6.07) is 2.42. The monoisotopic (exact) mass is 268 g/mol. The molecule has 1 N–H and O–H groups in total. The molecule has 18 heavy (non-hydrogen) atoms. The quantitative estimate of drug-likeness (QED) is 0.860. The molecule has 3 nitrogen and oxygen atoms in total. The van der Waals surface area contributed by atoms with E-state index in [1.54, 1.807) is 6.20 Å². The predicted octanol–water partition coefficient (Wildman–Crippen LogP) is 3.24. The highest BCUT2D eigenvalue weighted by molar-refractivity contribution is 6.33. The van der Waals surface area contributed by atoms with Crippen LogP contribution in [0.1, 0.15) is 38.7 Å². The maximum absolute atomic E-state index is 9.08. The van der Waals surface area contributed by atoms with Crippen LogP contribution in [0.4, 0.5) is 5.82 Å². The Morgan fingerprint density at radius 3 is 2.72 bits per heavy atom. The van der Waals surface area contributed by atoms with Gasteiger partial charge in [-0.15, -0.1) is 0 Å². The topological polar surface area (TPSA) is 36.4 Å². The lowest BCUT2D eigenvalue weighted by atomic mass is 10.1. The van der Waals surface area contributed by atoms with E-state index in [9.17, 15) is 0 Å². The van der Waals surface area contributed by atoms with E-state index >= 15 is 0 Å². The molecule has 100 valence electrons. The van der Waals surface area contributed by atoms with Crippen LogP contribution in [0, 0.1) is 5.92 Å². The Hall–Kier alpha value is -0.800. The maximum Gasteiger partial charge on any atom is 0.147 e. The van der Waals surface area contributed by atoms with Crippen molar-refractivity contribution in [2.24, 2.45) is 5.92 Å². The van der Waals surface area contributed by atoms with Gasteiger partial charge in [0.05, 0.1) is 11.6 Å². The minimum atomic E-state index is -0.0115. The first-order valence-electron chi connectivity index (χ1n) is 6.63. The van der Waals surface area contributed by atoms with Crippen molar-refractivity contribution in [1.29, 1.82) is 0 Å². The zero-order valence-corrected chi connectivity index (χ0v) is 11.8. The maximum atomic E-state index is 9.08. The molecule has 0 saturated heterocycles. The summed E-state index contributed by atoms with van der Waals surface area (Å²) in [4.78, 5) is 6.75. The van der Waals surface area contributed by atoms with Crippen LogP contribution in [0.3, 0.4) is 0 Å². The number of rotatable bonds is 6. The summed E-state index contributed by atoms with van der Waals surface area (Å²) < 4.78 is 0. The average Bonchev–Trinajstić information content (AvgIpc) is 3.15. The third-order valence-electron chi connectivity index (χ3n) is 3.27. The molecule has 1 saturated carbocycles. The van der Waals surface area contributed by atoms with Crippen molar-refractivity contribution >= 4 is 17.4 Å². The summed E-state index contributed by atoms with van der Waals surface area (Å²) in [5.41, 5.74) is 0.767. The van der Waals surface area contributed by atoms with Crippen molar-refractivity contribution in [3.63, 3.8) is 0 Å². The molecule has 4 heteroatoms. The molecule has 1 aliphatic rings. The largest absolute Gasteiger partial charge is 0.392 e. The molecule has 0 aliphatic heterocycles. The van der Waals surface area contributed by atoms with Crippen molar-refractivity contribution in [2.75, 3.05) is 11.4 Å². The Morgan fingerprint density at radius 2 is 2.22 bits per heavy atom. The minimum absolute atomic E-state index is 0.0115. The van der Waals surface area contributed by atoms with Gasteiger partial charge in [0, 0.05) is 18.8 Å². The summed E-state index contributed by atoms with van der Waals surface area (Å²) in [5, 5.41) is 9.73. The van der Waals surface area contributed by atoms with Gasteiger partial charge in [0.15, 0.2) is 0 Å². The van der Waals surface area contributed by atoms with Crippen molar-refractivity contribution < 1.29 is 5.11 Å². The number of hydrogen-bond donors (Lipinski definition) is 1. The standard InChI is InChI=1S/C14H21ClN2O/c1-10(2)5-6-17(12-3-4-12)14-13(15)7-11(9-18)8-16-14/h7-8,10,12,18H,3-6,9H2,1-2H3. The molecule has 1 fully saturated rings. The highest BCUT2D eigenvalue weighted by Crippen LogP contribution is 2.35. The molecule has 2 rings (SSSR count). The highest BCUT2D eigenvalue weighted by atomic mass is 35.5. The van der Waals surface area contributed by atoms with Gasteiger partial charge in [-0.25, -0.2) is 4.98 Å². The van der Waals surface area contributed by atoms with Crippen LogP contribution in [0.5, 0.6) is 0 Å². The first-order chi connectivity index (χ1) is 8.61.